The molecule has 2 N–H and O–H groups in total. The zero-order valence-electron chi connectivity index (χ0n) is 11.3. The summed E-state index contributed by atoms with van der Waals surface area (Å²) >= 11 is 5.96. The first-order valence-electron chi connectivity index (χ1n) is 6.35. The fourth-order valence-corrected chi connectivity index (χ4v) is 2.73. The summed E-state index contributed by atoms with van der Waals surface area (Å²) in [5.74, 6) is 0.797. The number of aromatic nitrogens is 2. The van der Waals surface area contributed by atoms with E-state index < -0.39 is 0 Å². The Bertz CT molecular complexity index is 413. The molecule has 1 aliphatic heterocycles. The van der Waals surface area contributed by atoms with E-state index in [-0.39, 0.29) is 11.5 Å². The Balaban J connectivity index is 2.06. The molecule has 4 nitrogen and oxygen atoms in total. The third kappa shape index (κ3) is 3.19. The standard InChI is InChI=1S/C13H21ClN4/c1-9-6-11(14)17-12(16-9)7-18-5-4-10(15)13(2,3)8-18/h6,10H,4-5,7-8,15H2,1-3H3. The normalized spacial score (nSPS) is 24.2. The summed E-state index contributed by atoms with van der Waals surface area (Å²) in [5.41, 5.74) is 7.20. The molecule has 18 heavy (non-hydrogen) atoms. The molecule has 0 aromatic carbocycles. The Hall–Kier alpha value is -0.710. The Morgan fingerprint density at radius 3 is 2.83 bits per heavy atom. The van der Waals surface area contributed by atoms with Crippen LogP contribution in [0.25, 0.3) is 0 Å². The molecule has 5 heteroatoms. The Morgan fingerprint density at radius 2 is 2.22 bits per heavy atom. The minimum Gasteiger partial charge on any atom is -0.327 e. The molecule has 1 fully saturated rings. The van der Waals surface area contributed by atoms with Crippen molar-refractivity contribution in [3.8, 4) is 0 Å². The smallest absolute Gasteiger partial charge is 0.144 e. The van der Waals surface area contributed by atoms with Crippen LogP contribution in [-0.4, -0.2) is 34.0 Å². The number of likely N-dealkylation sites (tertiary alicyclic amines) is 1. The summed E-state index contributed by atoms with van der Waals surface area (Å²) in [7, 11) is 0. The van der Waals surface area contributed by atoms with Crippen LogP contribution in [0.4, 0.5) is 0 Å². The largest absolute Gasteiger partial charge is 0.327 e. The highest BCUT2D eigenvalue weighted by Crippen LogP contribution is 2.28. The lowest BCUT2D eigenvalue weighted by atomic mass is 9.80. The number of hydrogen-bond donors (Lipinski definition) is 1. The van der Waals surface area contributed by atoms with Crippen molar-refractivity contribution in [2.24, 2.45) is 11.1 Å². The summed E-state index contributed by atoms with van der Waals surface area (Å²) in [5, 5.41) is 0.519. The third-order valence-corrected chi connectivity index (χ3v) is 3.82. The van der Waals surface area contributed by atoms with Crippen molar-refractivity contribution in [3.05, 3.63) is 22.7 Å². The van der Waals surface area contributed by atoms with Gasteiger partial charge in [0.05, 0.1) is 6.54 Å². The lowest BCUT2D eigenvalue weighted by Crippen LogP contribution is -2.52. The molecule has 0 aliphatic carbocycles. The average Bonchev–Trinajstić information content (AvgIpc) is 2.21. The van der Waals surface area contributed by atoms with Gasteiger partial charge in [0.25, 0.3) is 0 Å². The molecule has 1 aliphatic rings. The van der Waals surface area contributed by atoms with Crippen molar-refractivity contribution >= 4 is 11.6 Å². The highest BCUT2D eigenvalue weighted by Gasteiger charge is 2.33. The molecule has 0 saturated carbocycles. The predicted molar refractivity (Wildman–Crippen MR) is 73.4 cm³/mol. The zero-order chi connectivity index (χ0) is 13.3. The van der Waals surface area contributed by atoms with E-state index >= 15 is 0 Å². The number of hydrogen-bond acceptors (Lipinski definition) is 4. The van der Waals surface area contributed by atoms with Gasteiger partial charge < -0.3 is 5.73 Å². The second-order valence-corrected chi connectivity index (χ2v) is 6.23. The molecule has 1 aromatic rings. The van der Waals surface area contributed by atoms with Gasteiger partial charge in [0.2, 0.25) is 0 Å². The number of piperidine rings is 1. The number of nitrogens with zero attached hydrogens (tertiary/aromatic N) is 3. The molecule has 1 aromatic heterocycles. The minimum absolute atomic E-state index is 0.145. The molecule has 2 rings (SSSR count). The van der Waals surface area contributed by atoms with Gasteiger partial charge in [-0.2, -0.15) is 0 Å². The molecule has 1 unspecified atom stereocenters. The van der Waals surface area contributed by atoms with Gasteiger partial charge in [0.15, 0.2) is 0 Å². The van der Waals surface area contributed by atoms with Gasteiger partial charge in [0.1, 0.15) is 11.0 Å². The fraction of sp³-hybridized carbons (Fsp3) is 0.692. The highest BCUT2D eigenvalue weighted by molar-refractivity contribution is 6.29. The van der Waals surface area contributed by atoms with E-state index in [1.54, 1.807) is 6.07 Å². The molecule has 0 radical (unpaired) electrons. The highest BCUT2D eigenvalue weighted by atomic mass is 35.5. The van der Waals surface area contributed by atoms with Gasteiger partial charge in [-0.15, -0.1) is 0 Å². The number of nitrogens with two attached hydrogens (primary N) is 1. The summed E-state index contributed by atoms with van der Waals surface area (Å²) in [4.78, 5) is 11.1. The predicted octanol–water partition coefficient (Wildman–Crippen LogP) is 2.00. The van der Waals surface area contributed by atoms with Crippen LogP contribution in [0.2, 0.25) is 5.15 Å². The van der Waals surface area contributed by atoms with Gasteiger partial charge >= 0.3 is 0 Å². The maximum atomic E-state index is 6.14. The molecule has 0 bridgehead atoms. The maximum Gasteiger partial charge on any atom is 0.144 e. The van der Waals surface area contributed by atoms with Crippen molar-refractivity contribution in [2.45, 2.75) is 39.8 Å². The van der Waals surface area contributed by atoms with Gasteiger partial charge in [-0.1, -0.05) is 25.4 Å². The van der Waals surface area contributed by atoms with E-state index in [4.69, 9.17) is 17.3 Å². The quantitative estimate of drug-likeness (QED) is 0.834. The van der Waals surface area contributed by atoms with Crippen LogP contribution < -0.4 is 5.73 Å². The number of rotatable bonds is 2. The van der Waals surface area contributed by atoms with Gasteiger partial charge in [-0.05, 0) is 24.8 Å². The second-order valence-electron chi connectivity index (χ2n) is 5.84. The van der Waals surface area contributed by atoms with Crippen LogP contribution in [0.5, 0.6) is 0 Å². The van der Waals surface area contributed by atoms with E-state index in [1.807, 2.05) is 6.92 Å². The van der Waals surface area contributed by atoms with Crippen molar-refractivity contribution in [1.29, 1.82) is 0 Å². The molecule has 0 spiro atoms. The van der Waals surface area contributed by atoms with Crippen molar-refractivity contribution < 1.29 is 0 Å². The topological polar surface area (TPSA) is 55.0 Å². The van der Waals surface area contributed by atoms with Crippen LogP contribution in [0.15, 0.2) is 6.07 Å². The summed E-state index contributed by atoms with van der Waals surface area (Å²) in [6.45, 7) is 9.09. The molecule has 1 atom stereocenters. The fourth-order valence-electron chi connectivity index (χ4n) is 2.48. The first-order chi connectivity index (χ1) is 8.37. The van der Waals surface area contributed by atoms with E-state index in [0.29, 0.717) is 5.15 Å². The number of aryl methyl sites for hydroxylation is 1. The Morgan fingerprint density at radius 1 is 1.50 bits per heavy atom. The van der Waals surface area contributed by atoms with Crippen LogP contribution in [0.3, 0.4) is 0 Å². The van der Waals surface area contributed by atoms with Crippen LogP contribution in [0.1, 0.15) is 31.8 Å². The molecule has 100 valence electrons. The minimum atomic E-state index is 0.145. The third-order valence-electron chi connectivity index (χ3n) is 3.63. The molecule has 1 saturated heterocycles. The lowest BCUT2D eigenvalue weighted by Gasteiger charge is -2.42. The Kier molecular flexibility index (Phi) is 3.90. The average molecular weight is 269 g/mol. The van der Waals surface area contributed by atoms with Gasteiger partial charge in [-0.25, -0.2) is 9.97 Å². The summed E-state index contributed by atoms with van der Waals surface area (Å²) in [6, 6.07) is 2.05. The van der Waals surface area contributed by atoms with Crippen LogP contribution in [-0.2, 0) is 6.54 Å². The summed E-state index contributed by atoms with van der Waals surface area (Å²) < 4.78 is 0. The summed E-state index contributed by atoms with van der Waals surface area (Å²) in [6.07, 6.45) is 1.02. The molecular weight excluding hydrogens is 248 g/mol. The molecule has 0 amide bonds. The van der Waals surface area contributed by atoms with E-state index in [0.717, 1.165) is 37.6 Å². The molecular formula is C13H21ClN4. The first kappa shape index (κ1) is 13.7. The van der Waals surface area contributed by atoms with Crippen molar-refractivity contribution in [3.63, 3.8) is 0 Å². The van der Waals surface area contributed by atoms with Crippen LogP contribution in [0, 0.1) is 12.3 Å². The van der Waals surface area contributed by atoms with Crippen molar-refractivity contribution in [1.82, 2.24) is 14.9 Å². The molecule has 2 heterocycles. The van der Waals surface area contributed by atoms with Gasteiger partial charge in [0, 0.05) is 24.8 Å². The van der Waals surface area contributed by atoms with E-state index in [1.165, 1.54) is 0 Å². The SMILES string of the molecule is Cc1cc(Cl)nc(CN2CCC(N)C(C)(C)C2)n1. The Labute approximate surface area is 114 Å². The second kappa shape index (κ2) is 5.11. The zero-order valence-corrected chi connectivity index (χ0v) is 12.0. The van der Waals surface area contributed by atoms with Crippen molar-refractivity contribution in [2.75, 3.05) is 13.1 Å². The van der Waals surface area contributed by atoms with E-state index in [9.17, 15) is 0 Å². The number of halogens is 1. The van der Waals surface area contributed by atoms with Crippen LogP contribution >= 0.6 is 11.6 Å². The monoisotopic (exact) mass is 268 g/mol. The maximum absolute atomic E-state index is 6.14. The lowest BCUT2D eigenvalue weighted by molar-refractivity contribution is 0.0878. The first-order valence-corrected chi connectivity index (χ1v) is 6.72. The van der Waals surface area contributed by atoms with Gasteiger partial charge in [-0.3, -0.25) is 4.90 Å². The van der Waals surface area contributed by atoms with E-state index in [2.05, 4.69) is 28.7 Å².